The highest BCUT2D eigenvalue weighted by Crippen LogP contribution is 2.44. The SMILES string of the molecule is Cc1ccccc1/C=C\C[Si](C(C)C)(C(C)C)C(C)C. The fourth-order valence-corrected chi connectivity index (χ4v) is 9.81. The van der Waals surface area contributed by atoms with E-state index in [9.17, 15) is 0 Å². The van der Waals surface area contributed by atoms with E-state index in [-0.39, 0.29) is 0 Å². The smallest absolute Gasteiger partial charge is 0.0650 e. The summed E-state index contributed by atoms with van der Waals surface area (Å²) in [6.45, 7) is 16.8. The molecule has 0 bridgehead atoms. The molecule has 1 aromatic rings. The van der Waals surface area contributed by atoms with Crippen molar-refractivity contribution in [2.45, 2.75) is 71.1 Å². The second-order valence-corrected chi connectivity index (χ2v) is 13.1. The Morgan fingerprint density at radius 1 is 0.900 bits per heavy atom. The molecular weight excluding hydrogens is 256 g/mol. The first-order valence-corrected chi connectivity index (χ1v) is 10.5. The Kier molecular flexibility index (Phi) is 6.26. The second-order valence-electron chi connectivity index (χ2n) is 7.04. The van der Waals surface area contributed by atoms with E-state index < -0.39 is 8.07 Å². The molecule has 1 rings (SSSR count). The van der Waals surface area contributed by atoms with E-state index in [4.69, 9.17) is 0 Å². The van der Waals surface area contributed by atoms with Crippen molar-refractivity contribution < 1.29 is 0 Å². The second kappa shape index (κ2) is 7.26. The van der Waals surface area contributed by atoms with Gasteiger partial charge >= 0.3 is 0 Å². The van der Waals surface area contributed by atoms with Crippen LogP contribution in [-0.4, -0.2) is 8.07 Å². The molecule has 0 aliphatic carbocycles. The van der Waals surface area contributed by atoms with Crippen molar-refractivity contribution >= 4 is 14.1 Å². The standard InChI is InChI=1S/C19H32Si/c1-15(2)20(16(3)4,17(5)6)14-10-13-19-12-9-8-11-18(19)7/h8-13,15-17H,14H2,1-7H3/b13-10-. The van der Waals surface area contributed by atoms with E-state index in [0.717, 1.165) is 16.6 Å². The van der Waals surface area contributed by atoms with Crippen LogP contribution in [0.5, 0.6) is 0 Å². The van der Waals surface area contributed by atoms with Gasteiger partial charge in [-0.1, -0.05) is 94.6 Å². The molecule has 0 aromatic heterocycles. The normalized spacial score (nSPS) is 13.1. The highest BCUT2D eigenvalue weighted by atomic mass is 28.3. The fourth-order valence-electron chi connectivity index (χ4n) is 3.87. The van der Waals surface area contributed by atoms with Crippen LogP contribution in [0.3, 0.4) is 0 Å². The first-order chi connectivity index (χ1) is 9.32. The van der Waals surface area contributed by atoms with Crippen LogP contribution < -0.4 is 0 Å². The molecule has 0 fully saturated rings. The van der Waals surface area contributed by atoms with Crippen LogP contribution in [0.15, 0.2) is 30.3 Å². The molecule has 0 atom stereocenters. The number of hydrogen-bond acceptors (Lipinski definition) is 0. The fraction of sp³-hybridized carbons (Fsp3) is 0.579. The average molecular weight is 289 g/mol. The quantitative estimate of drug-likeness (QED) is 0.512. The minimum absolute atomic E-state index is 0.837. The predicted octanol–water partition coefficient (Wildman–Crippen LogP) is 6.69. The zero-order chi connectivity index (χ0) is 15.3. The molecule has 0 aliphatic rings. The van der Waals surface area contributed by atoms with E-state index in [1.165, 1.54) is 17.2 Å². The zero-order valence-electron chi connectivity index (χ0n) is 14.4. The molecule has 20 heavy (non-hydrogen) atoms. The minimum atomic E-state index is -1.29. The van der Waals surface area contributed by atoms with Gasteiger partial charge in [0.25, 0.3) is 0 Å². The lowest BCUT2D eigenvalue weighted by molar-refractivity contribution is 0.811. The summed E-state index contributed by atoms with van der Waals surface area (Å²) in [5.74, 6) is 0. The predicted molar refractivity (Wildman–Crippen MR) is 96.1 cm³/mol. The third-order valence-corrected chi connectivity index (χ3v) is 12.6. The number of benzene rings is 1. The summed E-state index contributed by atoms with van der Waals surface area (Å²) in [6.07, 6.45) is 4.79. The summed E-state index contributed by atoms with van der Waals surface area (Å²) in [4.78, 5) is 0. The van der Waals surface area contributed by atoms with Crippen molar-refractivity contribution in [1.82, 2.24) is 0 Å². The number of rotatable bonds is 6. The van der Waals surface area contributed by atoms with Crippen LogP contribution in [0.25, 0.3) is 6.08 Å². The van der Waals surface area contributed by atoms with Crippen molar-refractivity contribution in [2.75, 3.05) is 0 Å². The van der Waals surface area contributed by atoms with Crippen molar-refractivity contribution in [3.63, 3.8) is 0 Å². The van der Waals surface area contributed by atoms with Gasteiger partial charge in [-0.05, 0) is 24.1 Å². The van der Waals surface area contributed by atoms with Gasteiger partial charge in [-0.2, -0.15) is 0 Å². The van der Waals surface area contributed by atoms with Gasteiger partial charge in [0.1, 0.15) is 0 Å². The molecule has 0 nitrogen and oxygen atoms in total. The van der Waals surface area contributed by atoms with Crippen molar-refractivity contribution in [3.8, 4) is 0 Å². The maximum atomic E-state index is 2.45. The molecule has 0 saturated carbocycles. The highest BCUT2D eigenvalue weighted by Gasteiger charge is 2.41. The first kappa shape index (κ1) is 17.2. The van der Waals surface area contributed by atoms with Crippen LogP contribution >= 0.6 is 0 Å². The molecule has 0 spiro atoms. The number of aryl methyl sites for hydroxylation is 1. The molecule has 0 unspecified atom stereocenters. The summed E-state index contributed by atoms with van der Waals surface area (Å²) in [7, 11) is -1.29. The van der Waals surface area contributed by atoms with Crippen LogP contribution in [-0.2, 0) is 0 Å². The molecule has 112 valence electrons. The number of allylic oxidation sites excluding steroid dienone is 1. The largest absolute Gasteiger partial charge is 0.0866 e. The van der Waals surface area contributed by atoms with Crippen molar-refractivity contribution in [3.05, 3.63) is 41.5 Å². The lowest BCUT2D eigenvalue weighted by Crippen LogP contribution is -2.43. The van der Waals surface area contributed by atoms with Gasteiger partial charge in [0.05, 0.1) is 8.07 Å². The summed E-state index contributed by atoms with van der Waals surface area (Å²) >= 11 is 0. The van der Waals surface area contributed by atoms with E-state index in [1.807, 2.05) is 0 Å². The Labute approximate surface area is 127 Å². The van der Waals surface area contributed by atoms with Crippen LogP contribution in [0.1, 0.15) is 52.7 Å². The third-order valence-electron chi connectivity index (χ3n) is 5.18. The molecule has 1 aromatic carbocycles. The Balaban J connectivity index is 2.95. The molecule has 0 saturated heterocycles. The average Bonchev–Trinajstić information content (AvgIpc) is 2.35. The molecule has 0 amide bonds. The topological polar surface area (TPSA) is 0 Å². The summed E-state index contributed by atoms with van der Waals surface area (Å²) in [5, 5.41) is 0. The van der Waals surface area contributed by atoms with Gasteiger partial charge in [0.15, 0.2) is 0 Å². The lowest BCUT2D eigenvalue weighted by atomic mass is 10.1. The molecular formula is C19H32Si. The van der Waals surface area contributed by atoms with Crippen molar-refractivity contribution in [2.24, 2.45) is 0 Å². The lowest BCUT2D eigenvalue weighted by Gasteiger charge is -2.42. The maximum absolute atomic E-state index is 2.45. The first-order valence-electron chi connectivity index (χ1n) is 8.04. The van der Waals surface area contributed by atoms with Crippen molar-refractivity contribution in [1.29, 1.82) is 0 Å². The minimum Gasteiger partial charge on any atom is -0.0866 e. The molecule has 1 heteroatoms. The van der Waals surface area contributed by atoms with Gasteiger partial charge < -0.3 is 0 Å². The van der Waals surface area contributed by atoms with Crippen LogP contribution in [0.4, 0.5) is 0 Å². The number of hydrogen-bond donors (Lipinski definition) is 0. The summed E-state index contributed by atoms with van der Waals surface area (Å²) < 4.78 is 0. The Hall–Kier alpha value is -0.823. The Morgan fingerprint density at radius 3 is 1.85 bits per heavy atom. The Bertz CT molecular complexity index is 419. The summed E-state index contributed by atoms with van der Waals surface area (Å²) in [5.41, 5.74) is 5.25. The van der Waals surface area contributed by atoms with Gasteiger partial charge in [-0.25, -0.2) is 0 Å². The zero-order valence-corrected chi connectivity index (χ0v) is 15.4. The van der Waals surface area contributed by atoms with Gasteiger partial charge in [-0.15, -0.1) is 0 Å². The molecule has 0 heterocycles. The van der Waals surface area contributed by atoms with E-state index in [1.54, 1.807) is 0 Å². The monoisotopic (exact) mass is 288 g/mol. The van der Waals surface area contributed by atoms with Crippen LogP contribution in [0.2, 0.25) is 22.7 Å². The Morgan fingerprint density at radius 2 is 1.40 bits per heavy atom. The van der Waals surface area contributed by atoms with Gasteiger partial charge in [0, 0.05) is 0 Å². The van der Waals surface area contributed by atoms with Gasteiger partial charge in [0.2, 0.25) is 0 Å². The summed E-state index contributed by atoms with van der Waals surface area (Å²) in [6, 6.07) is 9.95. The molecule has 0 N–H and O–H groups in total. The van der Waals surface area contributed by atoms with Gasteiger partial charge in [-0.3, -0.25) is 0 Å². The molecule has 0 radical (unpaired) electrons. The van der Waals surface area contributed by atoms with E-state index in [0.29, 0.717) is 0 Å². The van der Waals surface area contributed by atoms with Crippen LogP contribution in [0, 0.1) is 6.92 Å². The maximum Gasteiger partial charge on any atom is 0.0650 e. The molecule has 0 aliphatic heterocycles. The van der Waals surface area contributed by atoms with E-state index in [2.05, 4.69) is 84.9 Å². The third kappa shape index (κ3) is 3.63. The highest BCUT2D eigenvalue weighted by molar-refractivity contribution is 6.83. The van der Waals surface area contributed by atoms with E-state index >= 15 is 0 Å².